The van der Waals surface area contributed by atoms with Crippen LogP contribution in [0.1, 0.15) is 39.0 Å². The molecule has 0 aliphatic heterocycles. The first-order valence-corrected chi connectivity index (χ1v) is 5.59. The molecule has 1 amide bonds. The van der Waals surface area contributed by atoms with Crippen LogP contribution in [0.25, 0.3) is 0 Å². The molecule has 3 heteroatoms. The Morgan fingerprint density at radius 2 is 1.93 bits per heavy atom. The highest BCUT2D eigenvalue weighted by molar-refractivity contribution is 5.86. The molecule has 3 nitrogen and oxygen atoms in total. The number of nitrogens with zero attached hydrogens (tertiary/aromatic N) is 1. The molecule has 0 aromatic heterocycles. The van der Waals surface area contributed by atoms with Crippen LogP contribution in [0, 0.1) is 5.92 Å². The molecule has 14 heavy (non-hydrogen) atoms. The maximum Gasteiger partial charge on any atom is 0.242 e. The second kappa shape index (κ2) is 3.23. The summed E-state index contributed by atoms with van der Waals surface area (Å²) in [5.74, 6) is 0.572. The molecule has 0 heterocycles. The molecule has 2 rings (SSSR count). The van der Waals surface area contributed by atoms with Crippen LogP contribution in [0.15, 0.2) is 0 Å². The molecule has 0 bridgehead atoms. The number of rotatable bonds is 3. The van der Waals surface area contributed by atoms with Crippen molar-refractivity contribution in [2.75, 3.05) is 7.05 Å². The third-order valence-corrected chi connectivity index (χ3v) is 3.83. The predicted molar refractivity (Wildman–Crippen MR) is 55.7 cm³/mol. The highest BCUT2D eigenvalue weighted by Gasteiger charge is 2.46. The average molecular weight is 196 g/mol. The maximum absolute atomic E-state index is 12.1. The third kappa shape index (κ3) is 1.54. The molecule has 1 unspecified atom stereocenters. The van der Waals surface area contributed by atoms with Gasteiger partial charge in [-0.05, 0) is 44.9 Å². The topological polar surface area (TPSA) is 46.3 Å². The van der Waals surface area contributed by atoms with Crippen LogP contribution in [-0.2, 0) is 4.79 Å². The van der Waals surface area contributed by atoms with Gasteiger partial charge in [-0.15, -0.1) is 0 Å². The molecule has 1 atom stereocenters. The number of likely N-dealkylation sites (N-methyl/N-ethyl adjacent to an activating group) is 1. The summed E-state index contributed by atoms with van der Waals surface area (Å²) in [5.41, 5.74) is 5.49. The monoisotopic (exact) mass is 196 g/mol. The first-order chi connectivity index (χ1) is 6.53. The Kier molecular flexibility index (Phi) is 2.30. The minimum absolute atomic E-state index is 0.143. The number of carbonyl (C=O) groups is 1. The molecular weight excluding hydrogens is 176 g/mol. The summed E-state index contributed by atoms with van der Waals surface area (Å²) >= 11 is 0. The Labute approximate surface area is 85.6 Å². The van der Waals surface area contributed by atoms with Gasteiger partial charge >= 0.3 is 0 Å². The Morgan fingerprint density at radius 3 is 2.29 bits per heavy atom. The average Bonchev–Trinajstić information content (AvgIpc) is 2.81. The van der Waals surface area contributed by atoms with Crippen molar-refractivity contribution >= 4 is 5.91 Å². The van der Waals surface area contributed by atoms with Crippen molar-refractivity contribution in [3.05, 3.63) is 0 Å². The van der Waals surface area contributed by atoms with Crippen molar-refractivity contribution in [2.45, 2.75) is 50.6 Å². The van der Waals surface area contributed by atoms with Gasteiger partial charge in [-0.1, -0.05) is 0 Å². The van der Waals surface area contributed by atoms with E-state index in [0.717, 1.165) is 25.7 Å². The number of amides is 1. The smallest absolute Gasteiger partial charge is 0.242 e. The van der Waals surface area contributed by atoms with Crippen LogP contribution in [-0.4, -0.2) is 29.4 Å². The molecule has 80 valence electrons. The Bertz CT molecular complexity index is 242. The summed E-state index contributed by atoms with van der Waals surface area (Å²) in [7, 11) is 1.90. The largest absolute Gasteiger partial charge is 0.341 e. The van der Waals surface area contributed by atoms with E-state index in [1.54, 1.807) is 0 Å². The molecule has 2 fully saturated rings. The van der Waals surface area contributed by atoms with Crippen molar-refractivity contribution in [3.8, 4) is 0 Å². The molecule has 0 aromatic carbocycles. The summed E-state index contributed by atoms with van der Waals surface area (Å²) in [6.45, 7) is 1.89. The fourth-order valence-corrected chi connectivity index (χ4v) is 2.18. The lowest BCUT2D eigenvalue weighted by Gasteiger charge is -2.39. The second-order valence-corrected chi connectivity index (χ2v) is 5.06. The van der Waals surface area contributed by atoms with E-state index < -0.39 is 5.54 Å². The number of hydrogen-bond acceptors (Lipinski definition) is 2. The zero-order chi connectivity index (χ0) is 10.3. The van der Waals surface area contributed by atoms with Gasteiger partial charge in [-0.25, -0.2) is 0 Å². The van der Waals surface area contributed by atoms with Crippen LogP contribution in [0.4, 0.5) is 0 Å². The van der Waals surface area contributed by atoms with Crippen LogP contribution in [0.3, 0.4) is 0 Å². The first kappa shape index (κ1) is 9.97. The third-order valence-electron chi connectivity index (χ3n) is 3.83. The van der Waals surface area contributed by atoms with E-state index in [1.165, 1.54) is 6.42 Å². The van der Waals surface area contributed by atoms with Crippen molar-refractivity contribution in [3.63, 3.8) is 0 Å². The number of carbonyl (C=O) groups excluding carboxylic acids is 1. The summed E-state index contributed by atoms with van der Waals surface area (Å²) in [6, 6.07) is 0.462. The highest BCUT2D eigenvalue weighted by atomic mass is 16.2. The van der Waals surface area contributed by atoms with E-state index in [1.807, 2.05) is 18.9 Å². The maximum atomic E-state index is 12.1. The minimum atomic E-state index is -0.607. The zero-order valence-corrected chi connectivity index (χ0v) is 9.12. The molecule has 0 radical (unpaired) electrons. The molecule has 2 aliphatic carbocycles. The lowest BCUT2D eigenvalue weighted by Crippen LogP contribution is -2.57. The van der Waals surface area contributed by atoms with Gasteiger partial charge in [-0.2, -0.15) is 0 Å². The SMILES string of the molecule is CN(C(=O)C(C)(N)C1CC1)C1CCC1. The van der Waals surface area contributed by atoms with Crippen LogP contribution < -0.4 is 5.73 Å². The summed E-state index contributed by atoms with van der Waals surface area (Å²) in [4.78, 5) is 14.0. The van der Waals surface area contributed by atoms with E-state index in [4.69, 9.17) is 5.73 Å². The molecule has 2 aliphatic rings. The molecular formula is C11H20N2O. The molecule has 2 N–H and O–H groups in total. The molecule has 0 spiro atoms. The normalized spacial score (nSPS) is 26.5. The summed E-state index contributed by atoms with van der Waals surface area (Å²) in [6.07, 6.45) is 5.81. The number of nitrogens with two attached hydrogens (primary N) is 1. The van der Waals surface area contributed by atoms with E-state index in [0.29, 0.717) is 12.0 Å². The number of hydrogen-bond donors (Lipinski definition) is 1. The Balaban J connectivity index is 1.98. The van der Waals surface area contributed by atoms with E-state index in [9.17, 15) is 4.79 Å². The fourth-order valence-electron chi connectivity index (χ4n) is 2.18. The lowest BCUT2D eigenvalue weighted by molar-refractivity contribution is -0.139. The Morgan fingerprint density at radius 1 is 1.36 bits per heavy atom. The molecule has 0 aromatic rings. The summed E-state index contributed by atoms with van der Waals surface area (Å²) in [5, 5.41) is 0. The van der Waals surface area contributed by atoms with Crippen molar-refractivity contribution in [1.29, 1.82) is 0 Å². The van der Waals surface area contributed by atoms with Crippen LogP contribution >= 0.6 is 0 Å². The minimum Gasteiger partial charge on any atom is -0.341 e. The zero-order valence-electron chi connectivity index (χ0n) is 9.12. The van der Waals surface area contributed by atoms with Gasteiger partial charge in [0.15, 0.2) is 0 Å². The van der Waals surface area contributed by atoms with Gasteiger partial charge in [0.05, 0.1) is 5.54 Å². The summed E-state index contributed by atoms with van der Waals surface area (Å²) < 4.78 is 0. The molecule has 0 saturated heterocycles. The predicted octanol–water partition coefficient (Wildman–Crippen LogP) is 1.12. The quantitative estimate of drug-likeness (QED) is 0.735. The van der Waals surface area contributed by atoms with Gasteiger partial charge < -0.3 is 10.6 Å². The molecule has 2 saturated carbocycles. The van der Waals surface area contributed by atoms with Gasteiger partial charge in [0.2, 0.25) is 5.91 Å². The first-order valence-electron chi connectivity index (χ1n) is 5.59. The van der Waals surface area contributed by atoms with E-state index in [-0.39, 0.29) is 5.91 Å². The van der Waals surface area contributed by atoms with Gasteiger partial charge in [0.25, 0.3) is 0 Å². The van der Waals surface area contributed by atoms with Gasteiger partial charge in [0, 0.05) is 13.1 Å². The lowest BCUT2D eigenvalue weighted by atomic mass is 9.88. The van der Waals surface area contributed by atoms with Gasteiger partial charge in [-0.3, -0.25) is 4.79 Å². The second-order valence-electron chi connectivity index (χ2n) is 5.06. The fraction of sp³-hybridized carbons (Fsp3) is 0.909. The van der Waals surface area contributed by atoms with Crippen molar-refractivity contribution in [2.24, 2.45) is 11.7 Å². The van der Waals surface area contributed by atoms with Crippen LogP contribution in [0.2, 0.25) is 0 Å². The standard InChI is InChI=1S/C11H20N2O/c1-11(12,8-6-7-8)10(14)13(2)9-4-3-5-9/h8-9H,3-7,12H2,1-2H3. The Hall–Kier alpha value is -0.570. The van der Waals surface area contributed by atoms with Crippen molar-refractivity contribution in [1.82, 2.24) is 4.90 Å². The van der Waals surface area contributed by atoms with E-state index >= 15 is 0 Å². The highest BCUT2D eigenvalue weighted by Crippen LogP contribution is 2.39. The van der Waals surface area contributed by atoms with Crippen molar-refractivity contribution < 1.29 is 4.79 Å². The van der Waals surface area contributed by atoms with Crippen LogP contribution in [0.5, 0.6) is 0 Å². The van der Waals surface area contributed by atoms with Gasteiger partial charge in [0.1, 0.15) is 0 Å². The van der Waals surface area contributed by atoms with E-state index in [2.05, 4.69) is 0 Å².